The summed E-state index contributed by atoms with van der Waals surface area (Å²) in [5.41, 5.74) is 0.999. The van der Waals surface area contributed by atoms with E-state index in [1.165, 1.54) is 0 Å². The fourth-order valence-corrected chi connectivity index (χ4v) is 1.63. The van der Waals surface area contributed by atoms with Crippen molar-refractivity contribution in [3.05, 3.63) is 28.2 Å². The van der Waals surface area contributed by atoms with Crippen LogP contribution in [0.3, 0.4) is 0 Å². The van der Waals surface area contributed by atoms with Crippen LogP contribution in [0.4, 0.5) is 0 Å². The van der Waals surface area contributed by atoms with Crippen molar-refractivity contribution >= 4 is 15.9 Å². The minimum atomic E-state index is -0.520. The maximum Gasteiger partial charge on any atom is 0.223 e. The quantitative estimate of drug-likeness (QED) is 0.817. The third kappa shape index (κ3) is 1.85. The van der Waals surface area contributed by atoms with Crippen LogP contribution in [0.1, 0.15) is 5.56 Å². The van der Waals surface area contributed by atoms with Gasteiger partial charge in [0.05, 0.1) is 6.61 Å². The highest BCUT2D eigenvalue weighted by Gasteiger charge is 2.18. The zero-order valence-corrected chi connectivity index (χ0v) is 8.45. The van der Waals surface area contributed by atoms with E-state index in [2.05, 4.69) is 15.9 Å². The maximum atomic E-state index is 8.81. The van der Waals surface area contributed by atoms with Crippen molar-refractivity contribution in [2.75, 3.05) is 6.61 Å². The Morgan fingerprint density at radius 1 is 1.54 bits per heavy atom. The number of aliphatic hydroxyl groups excluding tert-OH is 1. The summed E-state index contributed by atoms with van der Waals surface area (Å²) >= 11 is 3.36. The molecule has 1 aromatic carbocycles. The van der Waals surface area contributed by atoms with Crippen molar-refractivity contribution in [2.24, 2.45) is 0 Å². The van der Waals surface area contributed by atoms with E-state index >= 15 is 0 Å². The van der Waals surface area contributed by atoms with Gasteiger partial charge in [-0.1, -0.05) is 15.9 Å². The van der Waals surface area contributed by atoms with E-state index in [1.54, 1.807) is 0 Å². The van der Waals surface area contributed by atoms with Gasteiger partial charge < -0.3 is 14.6 Å². The van der Waals surface area contributed by atoms with Crippen molar-refractivity contribution in [3.63, 3.8) is 0 Å². The van der Waals surface area contributed by atoms with Crippen LogP contribution in [0.25, 0.3) is 0 Å². The van der Waals surface area contributed by atoms with E-state index in [1.807, 2.05) is 18.2 Å². The number of hydrogen-bond acceptors (Lipinski definition) is 3. The third-order valence-corrected chi connectivity index (χ3v) is 2.35. The number of aliphatic hydroxyl groups is 1. The Bertz CT molecular complexity index is 314. The first-order valence-electron chi connectivity index (χ1n) is 3.97. The zero-order chi connectivity index (χ0) is 9.26. The smallest absolute Gasteiger partial charge is 0.223 e. The molecule has 0 aliphatic carbocycles. The van der Waals surface area contributed by atoms with Crippen molar-refractivity contribution in [1.82, 2.24) is 0 Å². The lowest BCUT2D eigenvalue weighted by Gasteiger charge is -2.24. The average molecular weight is 245 g/mol. The molecular weight excluding hydrogens is 236 g/mol. The summed E-state index contributed by atoms with van der Waals surface area (Å²) in [4.78, 5) is 0. The Kier molecular flexibility index (Phi) is 2.53. The van der Waals surface area contributed by atoms with Crippen molar-refractivity contribution in [2.45, 2.75) is 12.9 Å². The molecule has 0 spiro atoms. The highest BCUT2D eigenvalue weighted by Crippen LogP contribution is 2.28. The highest BCUT2D eigenvalue weighted by molar-refractivity contribution is 9.10. The summed E-state index contributed by atoms with van der Waals surface area (Å²) in [6.45, 7) is 0.371. The molecule has 70 valence electrons. The molecule has 1 heterocycles. The molecule has 1 unspecified atom stereocenters. The molecule has 0 amide bonds. The number of ether oxygens (including phenoxy) is 2. The third-order valence-electron chi connectivity index (χ3n) is 1.85. The predicted molar refractivity (Wildman–Crippen MR) is 50.4 cm³/mol. The first-order valence-corrected chi connectivity index (χ1v) is 4.76. The maximum absolute atomic E-state index is 8.81. The minimum Gasteiger partial charge on any atom is -0.462 e. The number of rotatable bonds is 1. The van der Waals surface area contributed by atoms with Gasteiger partial charge in [0, 0.05) is 10.0 Å². The summed E-state index contributed by atoms with van der Waals surface area (Å²) in [5.74, 6) is 0.786. The molecule has 0 radical (unpaired) electrons. The molecule has 13 heavy (non-hydrogen) atoms. The van der Waals surface area contributed by atoms with Crippen molar-refractivity contribution in [1.29, 1.82) is 0 Å². The molecule has 1 aliphatic heterocycles. The van der Waals surface area contributed by atoms with Crippen LogP contribution < -0.4 is 4.74 Å². The van der Waals surface area contributed by atoms with Crippen LogP contribution in [0, 0.1) is 0 Å². The SMILES string of the molecule is OCC1OCc2cc(Br)ccc2O1. The van der Waals surface area contributed by atoms with Crippen molar-refractivity contribution < 1.29 is 14.6 Å². The minimum absolute atomic E-state index is 0.116. The fourth-order valence-electron chi connectivity index (χ4n) is 1.22. The van der Waals surface area contributed by atoms with E-state index in [4.69, 9.17) is 14.6 Å². The predicted octanol–water partition coefficient (Wildman–Crippen LogP) is 1.68. The van der Waals surface area contributed by atoms with Crippen LogP contribution in [-0.4, -0.2) is 18.0 Å². The van der Waals surface area contributed by atoms with Gasteiger partial charge in [-0.05, 0) is 18.2 Å². The van der Waals surface area contributed by atoms with E-state index < -0.39 is 6.29 Å². The van der Waals surface area contributed by atoms with Gasteiger partial charge in [-0.25, -0.2) is 0 Å². The van der Waals surface area contributed by atoms with Gasteiger partial charge in [-0.15, -0.1) is 0 Å². The van der Waals surface area contributed by atoms with Crippen molar-refractivity contribution in [3.8, 4) is 5.75 Å². The normalized spacial score (nSPS) is 20.6. The van der Waals surface area contributed by atoms with Gasteiger partial charge in [0.2, 0.25) is 6.29 Å². The van der Waals surface area contributed by atoms with Crippen LogP contribution in [-0.2, 0) is 11.3 Å². The van der Waals surface area contributed by atoms with Gasteiger partial charge in [-0.3, -0.25) is 0 Å². The highest BCUT2D eigenvalue weighted by atomic mass is 79.9. The second-order valence-corrected chi connectivity index (χ2v) is 3.71. The van der Waals surface area contributed by atoms with Crippen LogP contribution in [0.2, 0.25) is 0 Å². The second kappa shape index (κ2) is 3.65. The topological polar surface area (TPSA) is 38.7 Å². The van der Waals surface area contributed by atoms with Gasteiger partial charge in [-0.2, -0.15) is 0 Å². The molecular formula is C9H9BrO3. The molecule has 4 heteroatoms. The summed E-state index contributed by atoms with van der Waals surface area (Å²) < 4.78 is 11.6. The number of halogens is 1. The summed E-state index contributed by atoms with van der Waals surface area (Å²) in [6.07, 6.45) is -0.520. The van der Waals surface area contributed by atoms with Gasteiger partial charge in [0.25, 0.3) is 0 Å². The molecule has 2 rings (SSSR count). The number of hydrogen-bond donors (Lipinski definition) is 1. The molecule has 1 aliphatic rings. The molecule has 1 aromatic rings. The molecule has 3 nitrogen and oxygen atoms in total. The van der Waals surface area contributed by atoms with E-state index in [-0.39, 0.29) is 6.61 Å². The lowest BCUT2D eigenvalue weighted by Crippen LogP contribution is -2.28. The monoisotopic (exact) mass is 244 g/mol. The van der Waals surface area contributed by atoms with Crippen LogP contribution >= 0.6 is 15.9 Å². The molecule has 0 saturated carbocycles. The van der Waals surface area contributed by atoms with Crippen LogP contribution in [0.5, 0.6) is 5.75 Å². The summed E-state index contributed by atoms with van der Waals surface area (Å²) in [7, 11) is 0. The Morgan fingerprint density at radius 2 is 2.38 bits per heavy atom. The molecule has 0 bridgehead atoms. The average Bonchev–Trinajstić information content (AvgIpc) is 2.17. The van der Waals surface area contributed by atoms with Crippen LogP contribution in [0.15, 0.2) is 22.7 Å². The van der Waals surface area contributed by atoms with Gasteiger partial charge in [0.1, 0.15) is 12.4 Å². The summed E-state index contributed by atoms with van der Waals surface area (Å²) in [6, 6.07) is 5.71. The largest absolute Gasteiger partial charge is 0.462 e. The Morgan fingerprint density at radius 3 is 3.15 bits per heavy atom. The molecule has 1 N–H and O–H groups in total. The second-order valence-electron chi connectivity index (χ2n) is 2.79. The first kappa shape index (κ1) is 8.99. The number of benzene rings is 1. The van der Waals surface area contributed by atoms with Gasteiger partial charge >= 0.3 is 0 Å². The number of fused-ring (bicyclic) bond motifs is 1. The molecule has 0 aromatic heterocycles. The molecule has 0 saturated heterocycles. The lowest BCUT2D eigenvalue weighted by molar-refractivity contribution is -0.130. The Balaban J connectivity index is 2.26. The zero-order valence-electron chi connectivity index (χ0n) is 6.87. The standard InChI is InChI=1S/C9H9BrO3/c10-7-1-2-8-6(3-7)5-12-9(4-11)13-8/h1-3,9,11H,4-5H2. The Labute approximate surface area is 84.4 Å². The van der Waals surface area contributed by atoms with E-state index in [9.17, 15) is 0 Å². The summed E-state index contributed by atoms with van der Waals surface area (Å²) in [5, 5.41) is 8.81. The fraction of sp³-hybridized carbons (Fsp3) is 0.333. The molecule has 0 fully saturated rings. The van der Waals surface area contributed by atoms with E-state index in [0.29, 0.717) is 6.61 Å². The Hall–Kier alpha value is -0.580. The van der Waals surface area contributed by atoms with E-state index in [0.717, 1.165) is 15.8 Å². The molecule has 1 atom stereocenters. The first-order chi connectivity index (χ1) is 6.29. The lowest BCUT2D eigenvalue weighted by atomic mass is 10.2. The van der Waals surface area contributed by atoms with Gasteiger partial charge in [0.15, 0.2) is 0 Å².